The number of hydrogen-bond donors (Lipinski definition) is 0. The fourth-order valence-electron chi connectivity index (χ4n) is 10.7. The van der Waals surface area contributed by atoms with Gasteiger partial charge in [0.25, 0.3) is 0 Å². The summed E-state index contributed by atoms with van der Waals surface area (Å²) in [5.74, 6) is 0. The molecule has 0 N–H and O–H groups in total. The van der Waals surface area contributed by atoms with Crippen molar-refractivity contribution in [3.63, 3.8) is 0 Å². The lowest BCUT2D eigenvalue weighted by molar-refractivity contribution is 0.669. The van der Waals surface area contributed by atoms with E-state index in [0.29, 0.717) is 0 Å². The molecule has 0 amide bonds. The molecule has 0 unspecified atom stereocenters. The molecule has 77 heavy (non-hydrogen) atoms. The van der Waals surface area contributed by atoms with Crippen molar-refractivity contribution in [2.45, 2.75) is 0 Å². The smallest absolute Gasteiger partial charge is 0.135 e. The van der Waals surface area contributed by atoms with Gasteiger partial charge in [-0.2, -0.15) is 0 Å². The van der Waals surface area contributed by atoms with E-state index in [2.05, 4.69) is 335 Å². The SMILES string of the molecule is c1ccc(-c2cc(N(c3ccccc3)c3ccc4oc5ccc(N(c6ccccc6)c6ccc(N(c7ccccc7)c7ccccc7)cc6-c6ccccc6)cc5c4c3)ccc2N(c2ccccc2)c2ccccc2)cc1. The minimum atomic E-state index is 0.817. The largest absolute Gasteiger partial charge is 0.456 e. The minimum absolute atomic E-state index is 0.817. The number of fused-ring (bicyclic) bond motifs is 3. The monoisotopic (exact) mass is 988 g/mol. The van der Waals surface area contributed by atoms with Crippen LogP contribution in [-0.2, 0) is 0 Å². The van der Waals surface area contributed by atoms with Crippen LogP contribution in [0.1, 0.15) is 0 Å². The number of para-hydroxylation sites is 6. The van der Waals surface area contributed by atoms with Crippen LogP contribution in [0, 0.1) is 0 Å². The van der Waals surface area contributed by atoms with Crippen LogP contribution in [0.25, 0.3) is 44.2 Å². The van der Waals surface area contributed by atoms with Crippen molar-refractivity contribution in [2.75, 3.05) is 19.6 Å². The van der Waals surface area contributed by atoms with Gasteiger partial charge in [0.1, 0.15) is 11.2 Å². The molecule has 0 fully saturated rings. The summed E-state index contributed by atoms with van der Waals surface area (Å²) in [6, 6.07) is 112. The molecule has 12 aromatic carbocycles. The summed E-state index contributed by atoms with van der Waals surface area (Å²) in [6.45, 7) is 0. The lowest BCUT2D eigenvalue weighted by Gasteiger charge is -2.31. The molecule has 5 nitrogen and oxygen atoms in total. The van der Waals surface area contributed by atoms with Crippen molar-refractivity contribution in [2.24, 2.45) is 0 Å². The number of furan rings is 1. The topological polar surface area (TPSA) is 26.1 Å². The predicted molar refractivity (Wildman–Crippen MR) is 323 cm³/mol. The van der Waals surface area contributed by atoms with Gasteiger partial charge in [0.15, 0.2) is 0 Å². The van der Waals surface area contributed by atoms with E-state index in [0.717, 1.165) is 112 Å². The maximum atomic E-state index is 6.72. The maximum Gasteiger partial charge on any atom is 0.135 e. The Morgan fingerprint density at radius 1 is 0.195 bits per heavy atom. The van der Waals surface area contributed by atoms with E-state index in [1.54, 1.807) is 0 Å². The fourth-order valence-corrected chi connectivity index (χ4v) is 10.7. The van der Waals surface area contributed by atoms with Gasteiger partial charge in [0.2, 0.25) is 0 Å². The molecular weight excluding hydrogens is 937 g/mol. The second kappa shape index (κ2) is 20.9. The average molecular weight is 989 g/mol. The van der Waals surface area contributed by atoms with Crippen LogP contribution in [0.2, 0.25) is 0 Å². The van der Waals surface area contributed by atoms with Gasteiger partial charge in [0.05, 0.1) is 11.4 Å². The summed E-state index contributed by atoms with van der Waals surface area (Å²) in [6.07, 6.45) is 0. The average Bonchev–Trinajstić information content (AvgIpc) is 3.88. The van der Waals surface area contributed by atoms with E-state index in [9.17, 15) is 0 Å². The summed E-state index contributed by atoms with van der Waals surface area (Å²) in [4.78, 5) is 9.40. The molecule has 13 aromatic rings. The van der Waals surface area contributed by atoms with E-state index in [4.69, 9.17) is 4.42 Å². The summed E-state index contributed by atoms with van der Waals surface area (Å²) in [5, 5.41) is 2.04. The molecule has 0 saturated heterocycles. The third-order valence-corrected chi connectivity index (χ3v) is 14.2. The molecule has 13 rings (SSSR count). The first-order valence-electron chi connectivity index (χ1n) is 26.1. The van der Waals surface area contributed by atoms with Crippen LogP contribution in [0.4, 0.5) is 68.2 Å². The second-order valence-corrected chi connectivity index (χ2v) is 19.0. The highest BCUT2D eigenvalue weighted by Gasteiger charge is 2.24. The summed E-state index contributed by atoms with van der Waals surface area (Å²) < 4.78 is 6.72. The van der Waals surface area contributed by atoms with Gasteiger partial charge in [-0.05, 0) is 157 Å². The van der Waals surface area contributed by atoms with Crippen molar-refractivity contribution in [3.05, 3.63) is 315 Å². The Balaban J connectivity index is 0.967. The van der Waals surface area contributed by atoms with Crippen molar-refractivity contribution >= 4 is 90.2 Å². The lowest BCUT2D eigenvalue weighted by atomic mass is 9.99. The van der Waals surface area contributed by atoms with Crippen LogP contribution >= 0.6 is 0 Å². The van der Waals surface area contributed by atoms with E-state index in [1.165, 1.54) is 0 Å². The molecule has 1 aromatic heterocycles. The Kier molecular flexibility index (Phi) is 12.6. The third kappa shape index (κ3) is 9.24. The normalized spacial score (nSPS) is 11.1. The first-order valence-corrected chi connectivity index (χ1v) is 26.1. The van der Waals surface area contributed by atoms with Crippen molar-refractivity contribution in [3.8, 4) is 22.3 Å². The van der Waals surface area contributed by atoms with Gasteiger partial charge in [0, 0.05) is 78.8 Å². The maximum absolute atomic E-state index is 6.72. The molecular formula is C72H52N4O. The molecule has 0 radical (unpaired) electrons. The molecule has 1 heterocycles. The van der Waals surface area contributed by atoms with Gasteiger partial charge in [-0.15, -0.1) is 0 Å². The lowest BCUT2D eigenvalue weighted by Crippen LogP contribution is -2.13. The first-order chi connectivity index (χ1) is 38.2. The Morgan fingerprint density at radius 2 is 0.442 bits per heavy atom. The molecule has 0 aliphatic carbocycles. The van der Waals surface area contributed by atoms with Crippen molar-refractivity contribution in [1.29, 1.82) is 0 Å². The molecule has 0 spiro atoms. The first kappa shape index (κ1) is 46.4. The minimum Gasteiger partial charge on any atom is -0.456 e. The highest BCUT2D eigenvalue weighted by Crippen LogP contribution is 2.48. The quantitative estimate of drug-likeness (QED) is 0.108. The Bertz CT molecular complexity index is 4000. The van der Waals surface area contributed by atoms with Crippen molar-refractivity contribution < 1.29 is 4.42 Å². The van der Waals surface area contributed by atoms with Crippen LogP contribution in [0.5, 0.6) is 0 Å². The van der Waals surface area contributed by atoms with E-state index >= 15 is 0 Å². The van der Waals surface area contributed by atoms with Gasteiger partial charge in [-0.3, -0.25) is 0 Å². The van der Waals surface area contributed by atoms with E-state index < -0.39 is 0 Å². The molecule has 0 saturated carbocycles. The van der Waals surface area contributed by atoms with Gasteiger partial charge in [-0.1, -0.05) is 170 Å². The summed E-state index contributed by atoms with van der Waals surface area (Å²) >= 11 is 0. The number of anilines is 12. The molecule has 0 atom stereocenters. The Morgan fingerprint density at radius 3 is 0.779 bits per heavy atom. The molecule has 0 aliphatic rings. The van der Waals surface area contributed by atoms with Crippen LogP contribution in [-0.4, -0.2) is 0 Å². The number of rotatable bonds is 14. The Labute approximate surface area is 449 Å². The van der Waals surface area contributed by atoms with Gasteiger partial charge >= 0.3 is 0 Å². The predicted octanol–water partition coefficient (Wildman–Crippen LogP) is 20.8. The third-order valence-electron chi connectivity index (χ3n) is 14.2. The fraction of sp³-hybridized carbons (Fsp3) is 0. The van der Waals surface area contributed by atoms with Crippen LogP contribution in [0.15, 0.2) is 320 Å². The van der Waals surface area contributed by atoms with Gasteiger partial charge in [-0.25, -0.2) is 0 Å². The second-order valence-electron chi connectivity index (χ2n) is 19.0. The molecule has 0 aliphatic heterocycles. The van der Waals surface area contributed by atoms with E-state index in [1.807, 2.05) is 0 Å². The summed E-state index contributed by atoms with van der Waals surface area (Å²) in [5.41, 5.74) is 18.7. The standard InChI is InChI=1S/C72H52N4O/c1-9-25-53(26-10-1)65-50-62(42-45-69(65)75(58-35-19-6-20-36-58)59-37-21-7-22-38-59)74(57-33-17-5-18-34-57)63-43-47-71-67(51-63)68-52-64(44-48-72(68)77-71)76(60-39-23-8-24-40-60)70-46-41-61(49-66(70)54-27-11-2-12-28-54)73(55-29-13-3-14-30-55)56-31-15-4-16-32-56/h1-52H. The Hall–Kier alpha value is -10.4. The number of nitrogens with zero attached hydrogens (tertiary/aromatic N) is 4. The van der Waals surface area contributed by atoms with Crippen molar-refractivity contribution in [1.82, 2.24) is 0 Å². The number of hydrogen-bond acceptors (Lipinski definition) is 5. The van der Waals surface area contributed by atoms with Gasteiger partial charge < -0.3 is 24.0 Å². The zero-order chi connectivity index (χ0) is 51.3. The zero-order valence-corrected chi connectivity index (χ0v) is 42.2. The zero-order valence-electron chi connectivity index (χ0n) is 42.2. The highest BCUT2D eigenvalue weighted by atomic mass is 16.3. The molecule has 5 heteroatoms. The van der Waals surface area contributed by atoms with Crippen LogP contribution in [0.3, 0.4) is 0 Å². The molecule has 366 valence electrons. The highest BCUT2D eigenvalue weighted by molar-refractivity contribution is 6.09. The van der Waals surface area contributed by atoms with Crippen LogP contribution < -0.4 is 19.6 Å². The number of benzene rings is 12. The molecule has 0 bridgehead atoms. The summed E-state index contributed by atoms with van der Waals surface area (Å²) in [7, 11) is 0. The van der Waals surface area contributed by atoms with E-state index in [-0.39, 0.29) is 0 Å².